The standard InChI is InChI=1S/C21H24F2N2O4/c1-15(19(27)25(2)21(14-24)12-4-3-5-13-21)28-18(26)11-8-16-6-9-17(10-7-16)29-20(22)23/h6-11,15,20H,3-5,12-13H2,1-2H3/b11-8+/t15-/m1/s1. The van der Waals surface area contributed by atoms with Crippen LogP contribution in [-0.4, -0.2) is 42.1 Å². The van der Waals surface area contributed by atoms with Gasteiger partial charge in [-0.2, -0.15) is 14.0 Å². The molecule has 156 valence electrons. The number of ether oxygens (including phenoxy) is 2. The second-order valence-electron chi connectivity index (χ2n) is 6.96. The van der Waals surface area contributed by atoms with Gasteiger partial charge in [0.2, 0.25) is 0 Å². The Morgan fingerprint density at radius 2 is 1.83 bits per heavy atom. The Labute approximate surface area is 168 Å². The molecule has 0 unspecified atom stereocenters. The normalized spacial score (nSPS) is 16.8. The smallest absolute Gasteiger partial charge is 0.387 e. The summed E-state index contributed by atoms with van der Waals surface area (Å²) in [5.41, 5.74) is -0.279. The minimum atomic E-state index is -2.91. The third-order valence-electron chi connectivity index (χ3n) is 5.02. The summed E-state index contributed by atoms with van der Waals surface area (Å²) >= 11 is 0. The third-order valence-corrected chi connectivity index (χ3v) is 5.02. The fourth-order valence-corrected chi connectivity index (χ4v) is 3.33. The highest BCUT2D eigenvalue weighted by Crippen LogP contribution is 2.32. The summed E-state index contributed by atoms with van der Waals surface area (Å²) < 4.78 is 33.7. The van der Waals surface area contributed by atoms with Gasteiger partial charge in [0.25, 0.3) is 5.91 Å². The van der Waals surface area contributed by atoms with Gasteiger partial charge < -0.3 is 14.4 Å². The van der Waals surface area contributed by atoms with Crippen LogP contribution in [0.2, 0.25) is 0 Å². The van der Waals surface area contributed by atoms with E-state index in [-0.39, 0.29) is 5.75 Å². The van der Waals surface area contributed by atoms with Crippen LogP contribution in [0.25, 0.3) is 6.08 Å². The molecule has 1 amide bonds. The molecule has 1 saturated carbocycles. The minimum absolute atomic E-state index is 0.0103. The lowest BCUT2D eigenvalue weighted by Gasteiger charge is -2.39. The summed E-state index contributed by atoms with van der Waals surface area (Å²) in [6, 6.07) is 7.97. The number of alkyl halides is 2. The first kappa shape index (κ1) is 22.3. The molecule has 29 heavy (non-hydrogen) atoms. The number of halogens is 2. The van der Waals surface area contributed by atoms with Crippen molar-refractivity contribution >= 4 is 18.0 Å². The minimum Gasteiger partial charge on any atom is -0.449 e. The summed E-state index contributed by atoms with van der Waals surface area (Å²) in [5, 5.41) is 9.59. The highest BCUT2D eigenvalue weighted by atomic mass is 19.3. The molecule has 0 aromatic heterocycles. The number of amides is 1. The van der Waals surface area contributed by atoms with Gasteiger partial charge in [-0.25, -0.2) is 4.79 Å². The van der Waals surface area contributed by atoms with Crippen molar-refractivity contribution in [3.8, 4) is 11.8 Å². The molecular weight excluding hydrogens is 382 g/mol. The Morgan fingerprint density at radius 1 is 1.21 bits per heavy atom. The van der Waals surface area contributed by atoms with E-state index in [0.29, 0.717) is 18.4 Å². The Morgan fingerprint density at radius 3 is 2.38 bits per heavy atom. The molecule has 8 heteroatoms. The van der Waals surface area contributed by atoms with E-state index in [2.05, 4.69) is 10.8 Å². The molecule has 1 aromatic rings. The SMILES string of the molecule is C[C@@H](OC(=O)/C=C/c1ccc(OC(F)F)cc1)C(=O)N(C)C1(C#N)CCCCC1. The van der Waals surface area contributed by atoms with Crippen molar-refractivity contribution in [1.29, 1.82) is 5.26 Å². The maximum absolute atomic E-state index is 12.6. The third kappa shape index (κ3) is 6.01. The fourth-order valence-electron chi connectivity index (χ4n) is 3.33. The van der Waals surface area contributed by atoms with E-state index in [1.54, 1.807) is 7.05 Å². The van der Waals surface area contributed by atoms with Gasteiger partial charge >= 0.3 is 12.6 Å². The van der Waals surface area contributed by atoms with Crippen LogP contribution in [0.5, 0.6) is 5.75 Å². The summed E-state index contributed by atoms with van der Waals surface area (Å²) in [4.78, 5) is 26.1. The van der Waals surface area contributed by atoms with Crippen molar-refractivity contribution in [2.24, 2.45) is 0 Å². The fraction of sp³-hybridized carbons (Fsp3) is 0.476. The number of benzene rings is 1. The van der Waals surface area contributed by atoms with E-state index in [0.717, 1.165) is 25.3 Å². The monoisotopic (exact) mass is 406 g/mol. The first-order chi connectivity index (χ1) is 13.8. The molecule has 6 nitrogen and oxygen atoms in total. The zero-order chi connectivity index (χ0) is 21.4. The molecule has 1 atom stereocenters. The van der Waals surface area contributed by atoms with Crippen LogP contribution in [0.15, 0.2) is 30.3 Å². The van der Waals surface area contributed by atoms with Gasteiger partial charge in [-0.1, -0.05) is 31.4 Å². The molecule has 0 spiro atoms. The molecule has 2 rings (SSSR count). The molecule has 0 heterocycles. The largest absolute Gasteiger partial charge is 0.449 e. The molecule has 0 N–H and O–H groups in total. The number of hydrogen-bond acceptors (Lipinski definition) is 5. The Balaban J connectivity index is 1.93. The number of nitriles is 1. The number of hydrogen-bond donors (Lipinski definition) is 0. The van der Waals surface area contributed by atoms with Gasteiger partial charge in [-0.05, 0) is 43.5 Å². The van der Waals surface area contributed by atoms with Crippen LogP contribution >= 0.6 is 0 Å². The second kappa shape index (κ2) is 10.0. The number of carbonyl (C=O) groups excluding carboxylic acids is 2. The van der Waals surface area contributed by atoms with Gasteiger partial charge in [0.1, 0.15) is 11.3 Å². The number of esters is 1. The highest BCUT2D eigenvalue weighted by Gasteiger charge is 2.40. The van der Waals surface area contributed by atoms with Crippen LogP contribution < -0.4 is 4.74 Å². The van der Waals surface area contributed by atoms with E-state index >= 15 is 0 Å². The molecule has 1 aromatic carbocycles. The lowest BCUT2D eigenvalue weighted by Crippen LogP contribution is -2.53. The highest BCUT2D eigenvalue weighted by molar-refractivity contribution is 5.90. The number of likely N-dealkylation sites (N-methyl/N-ethyl adjacent to an activating group) is 1. The van der Waals surface area contributed by atoms with Crippen LogP contribution in [0.3, 0.4) is 0 Å². The first-order valence-corrected chi connectivity index (χ1v) is 9.40. The summed E-state index contributed by atoms with van der Waals surface area (Å²) in [6.45, 7) is -1.44. The lowest BCUT2D eigenvalue weighted by molar-refractivity contribution is -0.157. The molecule has 0 bridgehead atoms. The summed E-state index contributed by atoms with van der Waals surface area (Å²) in [6.07, 6.45) is 5.56. The molecule has 0 radical (unpaired) electrons. The molecule has 1 fully saturated rings. The topological polar surface area (TPSA) is 79.6 Å². The molecule has 0 saturated heterocycles. The van der Waals surface area contributed by atoms with Crippen LogP contribution in [-0.2, 0) is 14.3 Å². The summed E-state index contributed by atoms with van der Waals surface area (Å²) in [5.74, 6) is -1.14. The quantitative estimate of drug-likeness (QED) is 0.507. The van der Waals surface area contributed by atoms with E-state index in [4.69, 9.17) is 4.74 Å². The van der Waals surface area contributed by atoms with Crippen LogP contribution in [0.1, 0.15) is 44.6 Å². The molecular formula is C21H24F2N2O4. The average molecular weight is 406 g/mol. The maximum Gasteiger partial charge on any atom is 0.387 e. The van der Waals surface area contributed by atoms with Crippen molar-refractivity contribution in [1.82, 2.24) is 4.90 Å². The van der Waals surface area contributed by atoms with Crippen molar-refractivity contribution in [3.05, 3.63) is 35.9 Å². The second-order valence-corrected chi connectivity index (χ2v) is 6.96. The van der Waals surface area contributed by atoms with E-state index < -0.39 is 30.1 Å². The van der Waals surface area contributed by atoms with E-state index in [1.807, 2.05) is 0 Å². The van der Waals surface area contributed by atoms with Crippen molar-refractivity contribution in [2.75, 3.05) is 7.05 Å². The van der Waals surface area contributed by atoms with Gasteiger partial charge in [0.05, 0.1) is 6.07 Å². The van der Waals surface area contributed by atoms with Gasteiger partial charge in [0, 0.05) is 13.1 Å². The first-order valence-electron chi connectivity index (χ1n) is 9.40. The van der Waals surface area contributed by atoms with Gasteiger partial charge in [-0.3, -0.25) is 4.79 Å². The molecule has 1 aliphatic carbocycles. The average Bonchev–Trinajstić information content (AvgIpc) is 2.72. The Bertz CT molecular complexity index is 781. The lowest BCUT2D eigenvalue weighted by atomic mass is 9.81. The van der Waals surface area contributed by atoms with Crippen molar-refractivity contribution in [2.45, 2.75) is 57.3 Å². The van der Waals surface area contributed by atoms with Crippen LogP contribution in [0, 0.1) is 11.3 Å². The Hall–Kier alpha value is -2.95. The van der Waals surface area contributed by atoms with Gasteiger partial charge in [0.15, 0.2) is 6.10 Å². The van der Waals surface area contributed by atoms with E-state index in [9.17, 15) is 23.6 Å². The molecule has 1 aliphatic rings. The predicted octanol–water partition coefficient (Wildman–Crippen LogP) is 3.92. The zero-order valence-corrected chi connectivity index (χ0v) is 16.4. The number of carbonyl (C=O) groups is 2. The molecule has 0 aliphatic heterocycles. The van der Waals surface area contributed by atoms with Gasteiger partial charge in [-0.15, -0.1) is 0 Å². The van der Waals surface area contributed by atoms with Crippen molar-refractivity contribution < 1.29 is 27.8 Å². The van der Waals surface area contributed by atoms with Crippen molar-refractivity contribution in [3.63, 3.8) is 0 Å². The number of nitrogens with zero attached hydrogens (tertiary/aromatic N) is 2. The zero-order valence-electron chi connectivity index (χ0n) is 16.4. The Kier molecular flexibility index (Phi) is 7.71. The van der Waals surface area contributed by atoms with Crippen LogP contribution in [0.4, 0.5) is 8.78 Å². The number of rotatable bonds is 7. The predicted molar refractivity (Wildman–Crippen MR) is 102 cm³/mol. The summed E-state index contributed by atoms with van der Waals surface area (Å²) in [7, 11) is 1.57. The maximum atomic E-state index is 12.6. The van der Waals surface area contributed by atoms with E-state index in [1.165, 1.54) is 42.2 Å².